The van der Waals surface area contributed by atoms with Crippen LogP contribution < -0.4 is 9.64 Å². The molecule has 2 aromatic heterocycles. The zero-order chi connectivity index (χ0) is 23.5. The number of morpholine rings is 1. The van der Waals surface area contributed by atoms with Gasteiger partial charge in [0.15, 0.2) is 0 Å². The molecule has 2 amide bonds. The molecule has 9 nitrogen and oxygen atoms in total. The van der Waals surface area contributed by atoms with E-state index in [1.54, 1.807) is 58.1 Å². The summed E-state index contributed by atoms with van der Waals surface area (Å²) in [6.07, 6.45) is 2.10. The highest BCUT2D eigenvalue weighted by atomic mass is 16.5. The number of carboxylic acid groups (broad SMARTS) is 1. The standard InChI is InChI=1S/C25H22N4O5/c30-24(27-12-14-33-15-13-27)28-11-9-18-16-20(6-7-22(18)28)34-21-8-10-26-23(17-21)29(25(31)32)19-4-2-1-3-5-19/h1-11,16-17H,12-15H2,(H,31,32). The van der Waals surface area contributed by atoms with E-state index in [-0.39, 0.29) is 11.8 Å². The summed E-state index contributed by atoms with van der Waals surface area (Å²) in [5.74, 6) is 1.22. The van der Waals surface area contributed by atoms with Crippen molar-refractivity contribution in [2.24, 2.45) is 0 Å². The van der Waals surface area contributed by atoms with Gasteiger partial charge in [-0.15, -0.1) is 0 Å². The van der Waals surface area contributed by atoms with Crippen molar-refractivity contribution in [2.75, 3.05) is 31.2 Å². The Labute approximate surface area is 195 Å². The molecule has 1 N–H and O–H groups in total. The van der Waals surface area contributed by atoms with Crippen molar-refractivity contribution >= 4 is 34.5 Å². The number of benzene rings is 2. The summed E-state index contributed by atoms with van der Waals surface area (Å²) in [5.41, 5.74) is 1.26. The Bertz CT molecular complexity index is 1330. The van der Waals surface area contributed by atoms with Crippen molar-refractivity contribution in [1.29, 1.82) is 0 Å². The minimum absolute atomic E-state index is 0.0829. The quantitative estimate of drug-likeness (QED) is 0.465. The predicted molar refractivity (Wildman–Crippen MR) is 126 cm³/mol. The zero-order valence-electron chi connectivity index (χ0n) is 18.2. The first-order chi connectivity index (χ1) is 16.6. The Kier molecular flexibility index (Phi) is 5.84. The molecule has 0 saturated carbocycles. The van der Waals surface area contributed by atoms with Gasteiger partial charge in [0.1, 0.15) is 17.3 Å². The number of rotatable bonds is 4. The molecule has 34 heavy (non-hydrogen) atoms. The predicted octanol–water partition coefficient (Wildman–Crippen LogP) is 4.95. The van der Waals surface area contributed by atoms with Crippen LogP contribution in [-0.4, -0.2) is 58.0 Å². The number of aromatic nitrogens is 2. The molecule has 1 aliphatic heterocycles. The Balaban J connectivity index is 1.38. The molecule has 2 aromatic carbocycles. The van der Waals surface area contributed by atoms with Gasteiger partial charge in [0.2, 0.25) is 0 Å². The lowest BCUT2D eigenvalue weighted by atomic mass is 10.2. The Morgan fingerprint density at radius 1 is 0.971 bits per heavy atom. The third kappa shape index (κ3) is 4.28. The number of anilines is 2. The first kappa shape index (κ1) is 21.5. The van der Waals surface area contributed by atoms with E-state index in [9.17, 15) is 14.7 Å². The lowest BCUT2D eigenvalue weighted by Crippen LogP contribution is -2.42. The van der Waals surface area contributed by atoms with Gasteiger partial charge in [-0.1, -0.05) is 18.2 Å². The van der Waals surface area contributed by atoms with Crippen LogP contribution in [0.3, 0.4) is 0 Å². The molecule has 1 fully saturated rings. The fourth-order valence-electron chi connectivity index (χ4n) is 3.90. The maximum Gasteiger partial charge on any atom is 0.417 e. The second-order valence-corrected chi connectivity index (χ2v) is 7.69. The van der Waals surface area contributed by atoms with Gasteiger partial charge in [-0.25, -0.2) is 19.5 Å². The van der Waals surface area contributed by atoms with Crippen LogP contribution in [0.25, 0.3) is 10.9 Å². The van der Waals surface area contributed by atoms with Gasteiger partial charge >= 0.3 is 12.1 Å². The van der Waals surface area contributed by atoms with Crippen LogP contribution in [0.4, 0.5) is 21.1 Å². The smallest absolute Gasteiger partial charge is 0.417 e. The van der Waals surface area contributed by atoms with Gasteiger partial charge < -0.3 is 19.5 Å². The highest BCUT2D eigenvalue weighted by Crippen LogP contribution is 2.30. The zero-order valence-corrected chi connectivity index (χ0v) is 18.2. The molecule has 9 heteroatoms. The van der Waals surface area contributed by atoms with E-state index in [2.05, 4.69) is 4.98 Å². The van der Waals surface area contributed by atoms with E-state index in [4.69, 9.17) is 9.47 Å². The summed E-state index contributed by atoms with van der Waals surface area (Å²) in [6, 6.07) is 19.2. The molecular formula is C25H22N4O5. The van der Waals surface area contributed by atoms with E-state index in [0.29, 0.717) is 43.5 Å². The second-order valence-electron chi connectivity index (χ2n) is 7.69. The van der Waals surface area contributed by atoms with Crippen molar-refractivity contribution in [1.82, 2.24) is 14.5 Å². The number of carbonyl (C=O) groups is 2. The molecule has 1 saturated heterocycles. The molecular weight excluding hydrogens is 436 g/mol. The highest BCUT2D eigenvalue weighted by Gasteiger charge is 2.21. The van der Waals surface area contributed by atoms with Crippen molar-refractivity contribution in [3.8, 4) is 11.5 Å². The molecule has 172 valence electrons. The first-order valence-electron chi connectivity index (χ1n) is 10.8. The normalized spacial score (nSPS) is 13.6. The summed E-state index contributed by atoms with van der Waals surface area (Å²) < 4.78 is 13.0. The monoisotopic (exact) mass is 458 g/mol. The van der Waals surface area contributed by atoms with Gasteiger partial charge in [0, 0.05) is 36.9 Å². The summed E-state index contributed by atoms with van der Waals surface area (Å²) in [7, 11) is 0. The van der Waals surface area contributed by atoms with E-state index in [1.807, 2.05) is 24.3 Å². The third-order valence-corrected chi connectivity index (χ3v) is 5.54. The molecule has 4 aromatic rings. The van der Waals surface area contributed by atoms with E-state index >= 15 is 0 Å². The van der Waals surface area contributed by atoms with E-state index < -0.39 is 6.09 Å². The number of fused-ring (bicyclic) bond motifs is 1. The Hall–Kier alpha value is -4.37. The van der Waals surface area contributed by atoms with Crippen LogP contribution in [0.1, 0.15) is 0 Å². The number of amides is 2. The molecule has 5 rings (SSSR count). The maximum absolute atomic E-state index is 12.9. The lowest BCUT2D eigenvalue weighted by molar-refractivity contribution is 0.0538. The third-order valence-electron chi connectivity index (χ3n) is 5.54. The second kappa shape index (κ2) is 9.24. The van der Waals surface area contributed by atoms with Gasteiger partial charge in [-0.2, -0.15) is 0 Å². The number of ether oxygens (including phenoxy) is 2. The van der Waals surface area contributed by atoms with Crippen molar-refractivity contribution < 1.29 is 24.2 Å². The molecule has 0 unspecified atom stereocenters. The number of pyridine rings is 1. The molecule has 0 aliphatic carbocycles. The largest absolute Gasteiger partial charge is 0.464 e. The molecule has 0 spiro atoms. The first-order valence-corrected chi connectivity index (χ1v) is 10.8. The minimum Gasteiger partial charge on any atom is -0.464 e. The average Bonchev–Trinajstić information content (AvgIpc) is 3.28. The Morgan fingerprint density at radius 2 is 1.74 bits per heavy atom. The van der Waals surface area contributed by atoms with Crippen LogP contribution in [-0.2, 0) is 4.74 Å². The summed E-state index contributed by atoms with van der Waals surface area (Å²) in [5, 5.41) is 10.6. The molecule has 0 radical (unpaired) electrons. The highest BCUT2D eigenvalue weighted by molar-refractivity contribution is 5.94. The fraction of sp³-hybridized carbons (Fsp3) is 0.160. The molecule has 0 bridgehead atoms. The van der Waals surface area contributed by atoms with Gasteiger partial charge in [0.25, 0.3) is 0 Å². The molecule has 1 aliphatic rings. The van der Waals surface area contributed by atoms with Crippen LogP contribution in [0.2, 0.25) is 0 Å². The molecule has 0 atom stereocenters. The van der Waals surface area contributed by atoms with Gasteiger partial charge in [0.05, 0.1) is 24.4 Å². The topological polar surface area (TPSA) is 97.1 Å². The van der Waals surface area contributed by atoms with Crippen LogP contribution in [0.15, 0.2) is 79.1 Å². The van der Waals surface area contributed by atoms with Gasteiger partial charge in [-0.3, -0.25) is 4.57 Å². The number of para-hydroxylation sites is 1. The van der Waals surface area contributed by atoms with Crippen molar-refractivity contribution in [3.05, 3.63) is 79.1 Å². The Morgan fingerprint density at radius 3 is 2.50 bits per heavy atom. The SMILES string of the molecule is O=C(O)N(c1ccccc1)c1cc(Oc2ccc3c(ccn3C(=O)N3CCOCC3)c2)ccn1. The summed E-state index contributed by atoms with van der Waals surface area (Å²) >= 11 is 0. The van der Waals surface area contributed by atoms with Crippen LogP contribution in [0.5, 0.6) is 11.5 Å². The van der Waals surface area contributed by atoms with Gasteiger partial charge in [-0.05, 0) is 42.5 Å². The average molecular weight is 458 g/mol. The maximum atomic E-state index is 12.9. The number of carbonyl (C=O) groups excluding carboxylic acids is 1. The van der Waals surface area contributed by atoms with Crippen molar-refractivity contribution in [2.45, 2.75) is 0 Å². The van der Waals surface area contributed by atoms with Crippen LogP contribution in [0, 0.1) is 0 Å². The lowest BCUT2D eigenvalue weighted by Gasteiger charge is -2.27. The summed E-state index contributed by atoms with van der Waals surface area (Å²) in [4.78, 5) is 31.8. The number of hydrogen-bond acceptors (Lipinski definition) is 5. The number of hydrogen-bond donors (Lipinski definition) is 1. The molecule has 3 heterocycles. The number of nitrogens with zero attached hydrogens (tertiary/aromatic N) is 4. The van der Waals surface area contributed by atoms with Crippen LogP contribution >= 0.6 is 0 Å². The summed E-state index contributed by atoms with van der Waals surface area (Å²) in [6.45, 7) is 2.22. The van der Waals surface area contributed by atoms with Crippen molar-refractivity contribution in [3.63, 3.8) is 0 Å². The van der Waals surface area contributed by atoms with E-state index in [1.165, 1.54) is 6.20 Å². The van der Waals surface area contributed by atoms with E-state index in [0.717, 1.165) is 15.8 Å². The fourth-order valence-corrected chi connectivity index (χ4v) is 3.90. The minimum atomic E-state index is -1.15.